The summed E-state index contributed by atoms with van der Waals surface area (Å²) in [7, 11) is 0. The van der Waals surface area contributed by atoms with E-state index in [0.29, 0.717) is 0 Å². The van der Waals surface area contributed by atoms with Crippen molar-refractivity contribution in [2.24, 2.45) is 0 Å². The Morgan fingerprint density at radius 2 is 1.22 bits per heavy atom. The summed E-state index contributed by atoms with van der Waals surface area (Å²) in [4.78, 5) is 10.1. The summed E-state index contributed by atoms with van der Waals surface area (Å²) in [6.07, 6.45) is 0. The third kappa shape index (κ3) is 2.29. The summed E-state index contributed by atoms with van der Waals surface area (Å²) in [6, 6.07) is 41.9. The van der Waals surface area contributed by atoms with Gasteiger partial charge in [-0.15, -0.1) is 11.3 Å². The van der Waals surface area contributed by atoms with Crippen LogP contribution in [0.4, 0.5) is 0 Å². The van der Waals surface area contributed by atoms with Gasteiger partial charge in [-0.1, -0.05) is 97.1 Å². The Bertz CT molecular complexity index is 1980. The van der Waals surface area contributed by atoms with Crippen LogP contribution in [0.5, 0.6) is 0 Å². The highest BCUT2D eigenvalue weighted by molar-refractivity contribution is 7.20. The van der Waals surface area contributed by atoms with Crippen LogP contribution in [0.1, 0.15) is 21.6 Å². The van der Waals surface area contributed by atoms with Gasteiger partial charge < -0.3 is 4.98 Å². The molecular formula is C34H20N2S. The number of nitrogens with zero attached hydrogens (tertiary/aromatic N) is 1. The van der Waals surface area contributed by atoms with Crippen LogP contribution in [0, 0.1) is 0 Å². The molecule has 9 rings (SSSR count). The van der Waals surface area contributed by atoms with Crippen LogP contribution in [-0.4, -0.2) is 9.97 Å². The zero-order chi connectivity index (χ0) is 24.1. The number of hydrogen-bond acceptors (Lipinski definition) is 2. The molecule has 1 N–H and O–H groups in total. The first-order valence-corrected chi connectivity index (χ1v) is 13.5. The fraction of sp³-hybridized carbons (Fsp3) is 0.0294. The molecule has 1 spiro atoms. The first kappa shape index (κ1) is 19.7. The maximum Gasteiger partial charge on any atom is 0.139 e. The van der Waals surface area contributed by atoms with Crippen molar-refractivity contribution in [2.75, 3.05) is 0 Å². The van der Waals surface area contributed by atoms with Crippen LogP contribution in [0.3, 0.4) is 0 Å². The number of para-hydroxylation sites is 2. The smallest absolute Gasteiger partial charge is 0.139 e. The average Bonchev–Trinajstić information content (AvgIpc) is 3.69. The number of benzene rings is 5. The molecule has 0 saturated heterocycles. The Morgan fingerprint density at radius 1 is 0.568 bits per heavy atom. The quantitative estimate of drug-likeness (QED) is 0.246. The normalized spacial score (nSPS) is 14.2. The molecule has 172 valence electrons. The van der Waals surface area contributed by atoms with E-state index in [1.807, 2.05) is 17.4 Å². The zero-order valence-electron chi connectivity index (χ0n) is 19.8. The van der Waals surface area contributed by atoms with Crippen molar-refractivity contribution >= 4 is 32.5 Å². The van der Waals surface area contributed by atoms with E-state index < -0.39 is 0 Å². The van der Waals surface area contributed by atoms with E-state index in [-0.39, 0.29) is 5.41 Å². The van der Waals surface area contributed by atoms with Gasteiger partial charge in [-0.2, -0.15) is 0 Å². The molecule has 0 amide bonds. The van der Waals surface area contributed by atoms with E-state index >= 15 is 0 Å². The van der Waals surface area contributed by atoms with Gasteiger partial charge >= 0.3 is 0 Å². The Hall–Kier alpha value is -4.47. The predicted molar refractivity (Wildman–Crippen MR) is 153 cm³/mol. The molecule has 0 unspecified atom stereocenters. The second-order valence-electron chi connectivity index (χ2n) is 9.97. The van der Waals surface area contributed by atoms with Crippen LogP contribution in [0.15, 0.2) is 115 Å². The summed E-state index contributed by atoms with van der Waals surface area (Å²) < 4.78 is 1.33. The third-order valence-electron chi connectivity index (χ3n) is 8.25. The van der Waals surface area contributed by atoms with Gasteiger partial charge in [0, 0.05) is 26.1 Å². The van der Waals surface area contributed by atoms with Crippen LogP contribution in [0.25, 0.3) is 54.8 Å². The van der Waals surface area contributed by atoms with Gasteiger partial charge in [0.1, 0.15) is 5.82 Å². The number of nitrogens with one attached hydrogen (secondary N) is 1. The number of hydrogen-bond donors (Lipinski definition) is 1. The molecule has 0 aliphatic heterocycles. The molecule has 2 aliphatic rings. The van der Waals surface area contributed by atoms with Gasteiger partial charge in [0.25, 0.3) is 0 Å². The summed E-state index contributed by atoms with van der Waals surface area (Å²) in [5.74, 6) is 0.927. The number of imidazole rings is 1. The molecule has 7 aromatic rings. The number of H-pyrrole nitrogens is 1. The lowest BCUT2D eigenvalue weighted by atomic mass is 9.73. The summed E-state index contributed by atoms with van der Waals surface area (Å²) in [5.41, 5.74) is 12.3. The molecule has 2 aliphatic carbocycles. The molecule has 0 fully saturated rings. The maximum absolute atomic E-state index is 5.05. The highest BCUT2D eigenvalue weighted by Gasteiger charge is 2.53. The lowest BCUT2D eigenvalue weighted by Gasteiger charge is -2.29. The molecule has 3 heteroatoms. The molecule has 0 bridgehead atoms. The van der Waals surface area contributed by atoms with E-state index in [1.54, 1.807) is 0 Å². The van der Waals surface area contributed by atoms with Gasteiger partial charge in [-0.3, -0.25) is 0 Å². The van der Waals surface area contributed by atoms with Gasteiger partial charge in [-0.25, -0.2) is 4.98 Å². The SMILES string of the molecule is c1ccc2c(c1)-c1ccccc1C21c2cccc(-c3nc4ccccc4[nH]3)c2-c2c1sc1ccccc21. The number of rotatable bonds is 1. The molecule has 0 radical (unpaired) electrons. The van der Waals surface area contributed by atoms with Crippen molar-refractivity contribution in [2.45, 2.75) is 5.41 Å². The first-order valence-electron chi connectivity index (χ1n) is 12.7. The molecule has 0 saturated carbocycles. The van der Waals surface area contributed by atoms with Gasteiger partial charge in [0.05, 0.1) is 16.4 Å². The lowest BCUT2D eigenvalue weighted by molar-refractivity contribution is 0.812. The minimum Gasteiger partial charge on any atom is -0.338 e. The average molecular weight is 489 g/mol. The highest BCUT2D eigenvalue weighted by atomic mass is 32.1. The monoisotopic (exact) mass is 488 g/mol. The Morgan fingerprint density at radius 3 is 2.03 bits per heavy atom. The standard InChI is InChI=1S/C34H20N2S/c1-4-14-24-20(10-1)21-11-2-5-15-25(21)34(24)26-16-9-13-23(33-35-27-17-6-7-18-28(27)36-33)30(26)31-22-12-3-8-19-29(22)37-32(31)34/h1-19H,(H,35,36). The van der Waals surface area contributed by atoms with E-state index in [2.05, 4.69) is 114 Å². The minimum atomic E-state index is -0.330. The molecule has 2 nitrogen and oxygen atoms in total. The fourth-order valence-electron chi connectivity index (χ4n) is 6.86. The van der Waals surface area contributed by atoms with E-state index in [1.165, 1.54) is 53.9 Å². The van der Waals surface area contributed by atoms with E-state index in [9.17, 15) is 0 Å². The Balaban J connectivity index is 1.49. The van der Waals surface area contributed by atoms with Gasteiger partial charge in [0.15, 0.2) is 0 Å². The van der Waals surface area contributed by atoms with Gasteiger partial charge in [0.2, 0.25) is 0 Å². The van der Waals surface area contributed by atoms with Crippen LogP contribution < -0.4 is 0 Å². The summed E-state index contributed by atoms with van der Waals surface area (Å²) in [5, 5.41) is 1.33. The lowest BCUT2D eigenvalue weighted by Crippen LogP contribution is -2.24. The van der Waals surface area contributed by atoms with Crippen molar-refractivity contribution < 1.29 is 0 Å². The van der Waals surface area contributed by atoms with Crippen LogP contribution >= 0.6 is 11.3 Å². The molecule has 2 heterocycles. The summed E-state index contributed by atoms with van der Waals surface area (Å²) in [6.45, 7) is 0. The third-order valence-corrected chi connectivity index (χ3v) is 9.54. The largest absolute Gasteiger partial charge is 0.338 e. The topological polar surface area (TPSA) is 28.7 Å². The van der Waals surface area contributed by atoms with Crippen molar-refractivity contribution in [1.29, 1.82) is 0 Å². The molecule has 5 aromatic carbocycles. The van der Waals surface area contributed by atoms with Crippen molar-refractivity contribution in [3.63, 3.8) is 0 Å². The predicted octanol–water partition coefficient (Wildman–Crippen LogP) is 8.79. The number of thiophene rings is 1. The first-order chi connectivity index (χ1) is 18.4. The number of aromatic amines is 1. The van der Waals surface area contributed by atoms with Gasteiger partial charge in [-0.05, 0) is 51.6 Å². The van der Waals surface area contributed by atoms with E-state index in [0.717, 1.165) is 22.4 Å². The van der Waals surface area contributed by atoms with E-state index in [4.69, 9.17) is 4.98 Å². The second kappa shape index (κ2) is 6.84. The molecule has 37 heavy (non-hydrogen) atoms. The summed E-state index contributed by atoms with van der Waals surface area (Å²) >= 11 is 1.94. The van der Waals surface area contributed by atoms with Crippen LogP contribution in [0.2, 0.25) is 0 Å². The Kier molecular flexibility index (Phi) is 3.64. The Labute approximate surface area is 217 Å². The molecule has 2 aromatic heterocycles. The number of aromatic nitrogens is 2. The molecule has 0 atom stereocenters. The highest BCUT2D eigenvalue weighted by Crippen LogP contribution is 2.66. The fourth-order valence-corrected chi connectivity index (χ4v) is 8.31. The van der Waals surface area contributed by atoms with Crippen molar-refractivity contribution in [3.8, 4) is 33.6 Å². The second-order valence-corrected chi connectivity index (χ2v) is 11.0. The molecular weight excluding hydrogens is 468 g/mol. The number of fused-ring (bicyclic) bond motifs is 13. The van der Waals surface area contributed by atoms with Crippen molar-refractivity contribution in [3.05, 3.63) is 137 Å². The maximum atomic E-state index is 5.05. The van der Waals surface area contributed by atoms with Crippen LogP contribution in [-0.2, 0) is 5.41 Å². The zero-order valence-corrected chi connectivity index (χ0v) is 20.6. The van der Waals surface area contributed by atoms with Crippen molar-refractivity contribution in [1.82, 2.24) is 9.97 Å². The minimum absolute atomic E-state index is 0.330.